The molecule has 0 aliphatic carbocycles. The number of nitrogens with one attached hydrogen (secondary N) is 1. The number of halogens is 4. The zero-order chi connectivity index (χ0) is 19.7. The number of hydrogen-bond acceptors (Lipinski definition) is 4. The highest BCUT2D eigenvalue weighted by Gasteiger charge is 2.34. The number of benzene rings is 1. The van der Waals surface area contributed by atoms with E-state index in [4.69, 9.17) is 11.6 Å². The maximum Gasteiger partial charge on any atom is 0.417 e. The molecule has 3 rings (SSSR count). The minimum atomic E-state index is -4.75. The Morgan fingerprint density at radius 1 is 1.11 bits per heavy atom. The fourth-order valence-corrected chi connectivity index (χ4v) is 4.25. The summed E-state index contributed by atoms with van der Waals surface area (Å²) in [5.74, 6) is 0. The number of nitrogens with zero attached hydrogens (tertiary/aromatic N) is 1. The molecule has 0 saturated carbocycles. The summed E-state index contributed by atoms with van der Waals surface area (Å²) in [7, 11) is -4.16. The first-order valence-electron chi connectivity index (χ1n) is 7.50. The lowest BCUT2D eigenvalue weighted by molar-refractivity contribution is -0.137. The van der Waals surface area contributed by atoms with Crippen molar-refractivity contribution in [3.05, 3.63) is 69.6 Å². The van der Waals surface area contributed by atoms with Gasteiger partial charge in [0.2, 0.25) is 10.0 Å². The van der Waals surface area contributed by atoms with E-state index in [0.29, 0.717) is 11.6 Å². The molecule has 0 aliphatic heterocycles. The Bertz CT molecular complexity index is 1050. The molecule has 2 heterocycles. The van der Waals surface area contributed by atoms with Gasteiger partial charge in [0, 0.05) is 24.5 Å². The monoisotopic (exact) mass is 432 g/mol. The summed E-state index contributed by atoms with van der Waals surface area (Å²) in [5.41, 5.74) is 1.14. The summed E-state index contributed by atoms with van der Waals surface area (Å²) in [6.45, 7) is -0.114. The Hall–Kier alpha value is -1.94. The van der Waals surface area contributed by atoms with Crippen LogP contribution < -0.4 is 4.72 Å². The molecule has 0 aliphatic rings. The van der Waals surface area contributed by atoms with Crippen LogP contribution in [-0.4, -0.2) is 13.4 Å². The molecule has 0 radical (unpaired) electrons. The Morgan fingerprint density at radius 3 is 2.56 bits per heavy atom. The Balaban J connectivity index is 1.81. The number of hydrogen-bond donors (Lipinski definition) is 1. The predicted molar refractivity (Wildman–Crippen MR) is 98.0 cm³/mol. The highest BCUT2D eigenvalue weighted by atomic mass is 35.5. The van der Waals surface area contributed by atoms with Crippen molar-refractivity contribution in [1.29, 1.82) is 0 Å². The molecular formula is C17H12ClF3N2O2S2. The van der Waals surface area contributed by atoms with E-state index < -0.39 is 31.7 Å². The first-order valence-corrected chi connectivity index (χ1v) is 10.3. The van der Waals surface area contributed by atoms with Crippen molar-refractivity contribution < 1.29 is 21.6 Å². The van der Waals surface area contributed by atoms with Crippen LogP contribution >= 0.6 is 22.9 Å². The zero-order valence-corrected chi connectivity index (χ0v) is 15.9. The van der Waals surface area contributed by atoms with Crippen molar-refractivity contribution in [3.8, 4) is 11.1 Å². The molecule has 0 atom stereocenters. The quantitative estimate of drug-likeness (QED) is 0.619. The maximum atomic E-state index is 12.9. The first-order chi connectivity index (χ1) is 12.7. The molecule has 2 aromatic heterocycles. The van der Waals surface area contributed by atoms with E-state index in [1.807, 2.05) is 16.8 Å². The summed E-state index contributed by atoms with van der Waals surface area (Å²) < 4.78 is 65.8. The van der Waals surface area contributed by atoms with E-state index >= 15 is 0 Å². The van der Waals surface area contributed by atoms with Gasteiger partial charge in [0.1, 0.15) is 0 Å². The average molecular weight is 433 g/mol. The van der Waals surface area contributed by atoms with Crippen LogP contribution in [0, 0.1) is 0 Å². The SMILES string of the molecule is O=S(=O)(NCc1cncc(-c2ccsc2)c1)c1ccc(Cl)c(C(F)(F)F)c1. The van der Waals surface area contributed by atoms with E-state index in [-0.39, 0.29) is 6.54 Å². The normalized spacial score (nSPS) is 12.3. The fourth-order valence-electron chi connectivity index (χ4n) is 2.32. The van der Waals surface area contributed by atoms with Gasteiger partial charge in [0.25, 0.3) is 0 Å². The number of alkyl halides is 3. The zero-order valence-electron chi connectivity index (χ0n) is 13.5. The molecule has 4 nitrogen and oxygen atoms in total. The Morgan fingerprint density at radius 2 is 1.89 bits per heavy atom. The van der Waals surface area contributed by atoms with Crippen LogP contribution in [0.2, 0.25) is 5.02 Å². The minimum absolute atomic E-state index is 0.114. The molecule has 0 bridgehead atoms. The van der Waals surface area contributed by atoms with E-state index in [1.165, 1.54) is 17.5 Å². The van der Waals surface area contributed by atoms with Gasteiger partial charge < -0.3 is 0 Å². The van der Waals surface area contributed by atoms with Gasteiger partial charge in [0.05, 0.1) is 15.5 Å². The lowest BCUT2D eigenvalue weighted by atomic mass is 10.1. The van der Waals surface area contributed by atoms with Crippen molar-refractivity contribution in [2.45, 2.75) is 17.6 Å². The molecule has 1 aromatic carbocycles. The van der Waals surface area contributed by atoms with Crippen LogP contribution in [-0.2, 0) is 22.7 Å². The molecule has 0 unspecified atom stereocenters. The van der Waals surface area contributed by atoms with Gasteiger partial charge in [0.15, 0.2) is 0 Å². The fraction of sp³-hybridized carbons (Fsp3) is 0.118. The van der Waals surface area contributed by atoms with Gasteiger partial charge in [-0.25, -0.2) is 13.1 Å². The molecule has 10 heteroatoms. The molecule has 1 N–H and O–H groups in total. The van der Waals surface area contributed by atoms with Gasteiger partial charge in [-0.05, 0) is 52.2 Å². The molecule has 0 saturated heterocycles. The van der Waals surface area contributed by atoms with Gasteiger partial charge in [-0.15, -0.1) is 0 Å². The standard InChI is InChI=1S/C17H12ClF3N2O2S2/c18-16-2-1-14(6-15(16)17(19,20)21)27(24,25)23-8-11-5-13(9-22-7-11)12-3-4-26-10-12/h1-7,9-10,23H,8H2. The number of sulfonamides is 1. The lowest BCUT2D eigenvalue weighted by Gasteiger charge is -2.12. The maximum absolute atomic E-state index is 12.9. The van der Waals surface area contributed by atoms with Crippen molar-refractivity contribution in [2.24, 2.45) is 0 Å². The second-order valence-corrected chi connectivity index (χ2v) is 8.51. The molecule has 0 fully saturated rings. The number of pyridine rings is 1. The van der Waals surface area contributed by atoms with Crippen LogP contribution in [0.25, 0.3) is 11.1 Å². The number of rotatable bonds is 5. The Kier molecular flexibility index (Phi) is 5.57. The van der Waals surface area contributed by atoms with Crippen LogP contribution in [0.4, 0.5) is 13.2 Å². The van der Waals surface area contributed by atoms with Gasteiger partial charge >= 0.3 is 6.18 Å². The summed E-state index contributed by atoms with van der Waals surface area (Å²) in [4.78, 5) is 3.56. The number of thiophene rings is 1. The van der Waals surface area contributed by atoms with Crippen LogP contribution in [0.15, 0.2) is 58.4 Å². The van der Waals surface area contributed by atoms with Crippen molar-refractivity contribution >= 4 is 33.0 Å². The van der Waals surface area contributed by atoms with E-state index in [1.54, 1.807) is 12.3 Å². The van der Waals surface area contributed by atoms with E-state index in [9.17, 15) is 21.6 Å². The highest BCUT2D eigenvalue weighted by molar-refractivity contribution is 7.89. The summed E-state index contributed by atoms with van der Waals surface area (Å²) in [6.07, 6.45) is -1.61. The van der Waals surface area contributed by atoms with Crippen molar-refractivity contribution in [3.63, 3.8) is 0 Å². The summed E-state index contributed by atoms with van der Waals surface area (Å²) in [6, 6.07) is 6.13. The van der Waals surface area contributed by atoms with E-state index in [0.717, 1.165) is 23.3 Å². The summed E-state index contributed by atoms with van der Waals surface area (Å²) >= 11 is 7.05. The average Bonchev–Trinajstić information content (AvgIpc) is 3.14. The van der Waals surface area contributed by atoms with Crippen LogP contribution in [0.1, 0.15) is 11.1 Å². The Labute approximate surface area is 162 Å². The van der Waals surface area contributed by atoms with Gasteiger partial charge in [-0.2, -0.15) is 24.5 Å². The largest absolute Gasteiger partial charge is 0.417 e. The second kappa shape index (κ2) is 7.59. The van der Waals surface area contributed by atoms with E-state index in [2.05, 4.69) is 9.71 Å². The van der Waals surface area contributed by atoms with Gasteiger partial charge in [-0.1, -0.05) is 11.6 Å². The summed E-state index contributed by atoms with van der Waals surface area (Å²) in [5, 5.41) is 3.27. The van der Waals surface area contributed by atoms with Crippen LogP contribution in [0.5, 0.6) is 0 Å². The van der Waals surface area contributed by atoms with Crippen molar-refractivity contribution in [1.82, 2.24) is 9.71 Å². The predicted octanol–water partition coefficient (Wildman–Crippen LogP) is 4.96. The third-order valence-electron chi connectivity index (χ3n) is 3.67. The topological polar surface area (TPSA) is 59.1 Å². The third kappa shape index (κ3) is 4.67. The molecule has 0 spiro atoms. The highest BCUT2D eigenvalue weighted by Crippen LogP contribution is 2.35. The molecular weight excluding hydrogens is 421 g/mol. The van der Waals surface area contributed by atoms with Gasteiger partial charge in [-0.3, -0.25) is 4.98 Å². The van der Waals surface area contributed by atoms with Crippen molar-refractivity contribution in [2.75, 3.05) is 0 Å². The second-order valence-electron chi connectivity index (χ2n) is 5.56. The molecule has 3 aromatic rings. The first kappa shape index (κ1) is 19.8. The number of aromatic nitrogens is 1. The van der Waals surface area contributed by atoms with Crippen LogP contribution in [0.3, 0.4) is 0 Å². The molecule has 0 amide bonds. The minimum Gasteiger partial charge on any atom is -0.264 e. The smallest absolute Gasteiger partial charge is 0.264 e. The lowest BCUT2D eigenvalue weighted by Crippen LogP contribution is -2.24. The molecule has 142 valence electrons. The molecule has 27 heavy (non-hydrogen) atoms. The third-order valence-corrected chi connectivity index (χ3v) is 6.08.